The standard InChI is InChI=1S/C20H23N3O3/c1-12-8-13(2)10-17(9-12)25-11-16-6-7-18(26-16)20(24)21-19-14(3)22-23(5)15(19)4/h6-10H,11H2,1-5H3,(H,21,24). The van der Waals surface area contributed by atoms with Crippen molar-refractivity contribution in [3.05, 3.63) is 64.4 Å². The highest BCUT2D eigenvalue weighted by atomic mass is 16.5. The van der Waals surface area contributed by atoms with Gasteiger partial charge in [-0.15, -0.1) is 0 Å². The van der Waals surface area contributed by atoms with Crippen molar-refractivity contribution < 1.29 is 13.9 Å². The highest BCUT2D eigenvalue weighted by Gasteiger charge is 2.16. The molecule has 2 aromatic heterocycles. The van der Waals surface area contributed by atoms with Crippen LogP contribution in [0.15, 0.2) is 34.7 Å². The molecular formula is C20H23N3O3. The number of benzene rings is 1. The number of aryl methyl sites for hydroxylation is 4. The summed E-state index contributed by atoms with van der Waals surface area (Å²) in [5, 5.41) is 7.15. The molecule has 0 saturated carbocycles. The molecule has 0 aliphatic rings. The molecule has 0 saturated heterocycles. The Morgan fingerprint density at radius 1 is 1.15 bits per heavy atom. The lowest BCUT2D eigenvalue weighted by Crippen LogP contribution is -2.12. The molecule has 3 rings (SSSR count). The average molecular weight is 353 g/mol. The van der Waals surface area contributed by atoms with E-state index in [1.165, 1.54) is 0 Å². The van der Waals surface area contributed by atoms with Crippen LogP contribution >= 0.6 is 0 Å². The van der Waals surface area contributed by atoms with E-state index in [1.807, 2.05) is 46.9 Å². The Morgan fingerprint density at radius 2 is 1.85 bits per heavy atom. The maximum atomic E-state index is 12.4. The van der Waals surface area contributed by atoms with Crippen LogP contribution < -0.4 is 10.1 Å². The van der Waals surface area contributed by atoms with Crippen molar-refractivity contribution in [3.63, 3.8) is 0 Å². The fourth-order valence-corrected chi connectivity index (χ4v) is 2.88. The van der Waals surface area contributed by atoms with E-state index in [4.69, 9.17) is 9.15 Å². The minimum Gasteiger partial charge on any atom is -0.486 e. The smallest absolute Gasteiger partial charge is 0.291 e. The van der Waals surface area contributed by atoms with Crippen molar-refractivity contribution in [2.45, 2.75) is 34.3 Å². The quantitative estimate of drug-likeness (QED) is 0.750. The van der Waals surface area contributed by atoms with Crippen LogP contribution in [-0.2, 0) is 13.7 Å². The van der Waals surface area contributed by atoms with Crippen molar-refractivity contribution in [3.8, 4) is 5.75 Å². The number of carbonyl (C=O) groups excluding carboxylic acids is 1. The van der Waals surface area contributed by atoms with Gasteiger partial charge in [0.05, 0.1) is 17.1 Å². The zero-order valence-corrected chi connectivity index (χ0v) is 15.7. The number of carbonyl (C=O) groups is 1. The summed E-state index contributed by atoms with van der Waals surface area (Å²) >= 11 is 0. The van der Waals surface area contributed by atoms with Crippen LogP contribution in [0.5, 0.6) is 5.75 Å². The van der Waals surface area contributed by atoms with Gasteiger partial charge in [0.25, 0.3) is 5.91 Å². The van der Waals surface area contributed by atoms with Crippen LogP contribution in [0.2, 0.25) is 0 Å². The average Bonchev–Trinajstić information content (AvgIpc) is 3.13. The summed E-state index contributed by atoms with van der Waals surface area (Å²) in [6.45, 7) is 8.07. The SMILES string of the molecule is Cc1cc(C)cc(OCc2ccc(C(=O)Nc3c(C)nn(C)c3C)o2)c1. The fourth-order valence-electron chi connectivity index (χ4n) is 2.88. The molecule has 1 N–H and O–H groups in total. The number of aromatic nitrogens is 2. The number of nitrogens with one attached hydrogen (secondary N) is 1. The lowest BCUT2D eigenvalue weighted by Gasteiger charge is -2.07. The first kappa shape index (κ1) is 17.8. The molecule has 136 valence electrons. The number of hydrogen-bond donors (Lipinski definition) is 1. The largest absolute Gasteiger partial charge is 0.486 e. The molecule has 6 heteroatoms. The Kier molecular flexibility index (Phi) is 4.84. The Bertz CT molecular complexity index is 933. The van der Waals surface area contributed by atoms with Crippen LogP contribution in [0, 0.1) is 27.7 Å². The third kappa shape index (κ3) is 3.79. The van der Waals surface area contributed by atoms with E-state index in [2.05, 4.69) is 16.5 Å². The Labute approximate surface area is 152 Å². The van der Waals surface area contributed by atoms with Gasteiger partial charge < -0.3 is 14.5 Å². The van der Waals surface area contributed by atoms with E-state index in [9.17, 15) is 4.79 Å². The van der Waals surface area contributed by atoms with Crippen molar-refractivity contribution in [2.24, 2.45) is 7.05 Å². The van der Waals surface area contributed by atoms with Gasteiger partial charge in [0, 0.05) is 7.05 Å². The number of ether oxygens (including phenoxy) is 1. The molecule has 3 aromatic rings. The first-order valence-corrected chi connectivity index (χ1v) is 8.45. The minimum absolute atomic E-state index is 0.242. The molecule has 0 spiro atoms. The summed E-state index contributed by atoms with van der Waals surface area (Å²) < 4.78 is 13.1. The van der Waals surface area contributed by atoms with Crippen LogP contribution in [0.3, 0.4) is 0 Å². The molecule has 0 unspecified atom stereocenters. The van der Waals surface area contributed by atoms with Crippen LogP contribution in [-0.4, -0.2) is 15.7 Å². The van der Waals surface area contributed by atoms with Gasteiger partial charge in [-0.05, 0) is 63.1 Å². The fraction of sp³-hybridized carbons (Fsp3) is 0.300. The van der Waals surface area contributed by atoms with Gasteiger partial charge in [-0.3, -0.25) is 9.48 Å². The third-order valence-electron chi connectivity index (χ3n) is 4.21. The summed E-state index contributed by atoms with van der Waals surface area (Å²) in [5.41, 5.74) is 4.65. The monoisotopic (exact) mass is 353 g/mol. The zero-order valence-electron chi connectivity index (χ0n) is 15.7. The summed E-state index contributed by atoms with van der Waals surface area (Å²) in [5.74, 6) is 1.31. The normalized spacial score (nSPS) is 10.8. The van der Waals surface area contributed by atoms with Gasteiger partial charge in [0.15, 0.2) is 5.76 Å². The van der Waals surface area contributed by atoms with Gasteiger partial charge in [-0.2, -0.15) is 5.10 Å². The van der Waals surface area contributed by atoms with E-state index in [1.54, 1.807) is 16.8 Å². The predicted molar refractivity (Wildman–Crippen MR) is 99.6 cm³/mol. The molecule has 2 heterocycles. The molecule has 0 aliphatic carbocycles. The first-order valence-electron chi connectivity index (χ1n) is 8.45. The minimum atomic E-state index is -0.304. The molecule has 0 radical (unpaired) electrons. The molecule has 1 amide bonds. The van der Waals surface area contributed by atoms with Crippen LogP contribution in [0.25, 0.3) is 0 Å². The number of nitrogens with zero attached hydrogens (tertiary/aromatic N) is 2. The molecule has 0 aliphatic heterocycles. The number of anilines is 1. The summed E-state index contributed by atoms with van der Waals surface area (Å²) in [7, 11) is 1.84. The summed E-state index contributed by atoms with van der Waals surface area (Å²) in [6.07, 6.45) is 0. The second kappa shape index (κ2) is 7.07. The van der Waals surface area contributed by atoms with Crippen molar-refractivity contribution >= 4 is 11.6 Å². The second-order valence-corrected chi connectivity index (χ2v) is 6.50. The highest BCUT2D eigenvalue weighted by molar-refractivity contribution is 6.02. The predicted octanol–water partition coefficient (Wildman–Crippen LogP) is 4.08. The number of furan rings is 1. The summed E-state index contributed by atoms with van der Waals surface area (Å²) in [6, 6.07) is 9.43. The molecule has 1 aromatic carbocycles. The first-order chi connectivity index (χ1) is 12.3. The van der Waals surface area contributed by atoms with Crippen molar-refractivity contribution in [1.82, 2.24) is 9.78 Å². The van der Waals surface area contributed by atoms with E-state index in [-0.39, 0.29) is 18.3 Å². The van der Waals surface area contributed by atoms with Crippen LogP contribution in [0.1, 0.15) is 38.8 Å². The molecule has 26 heavy (non-hydrogen) atoms. The molecule has 6 nitrogen and oxygen atoms in total. The van der Waals surface area contributed by atoms with E-state index < -0.39 is 0 Å². The second-order valence-electron chi connectivity index (χ2n) is 6.50. The van der Waals surface area contributed by atoms with Crippen molar-refractivity contribution in [1.29, 1.82) is 0 Å². The maximum absolute atomic E-state index is 12.4. The highest BCUT2D eigenvalue weighted by Crippen LogP contribution is 2.21. The van der Waals surface area contributed by atoms with Crippen LogP contribution in [0.4, 0.5) is 5.69 Å². The van der Waals surface area contributed by atoms with Gasteiger partial charge in [-0.1, -0.05) is 6.07 Å². The van der Waals surface area contributed by atoms with Gasteiger partial charge in [-0.25, -0.2) is 0 Å². The zero-order chi connectivity index (χ0) is 18.8. The lowest BCUT2D eigenvalue weighted by molar-refractivity contribution is 0.0992. The number of rotatable bonds is 5. The van der Waals surface area contributed by atoms with Gasteiger partial charge in [0.1, 0.15) is 18.1 Å². The lowest BCUT2D eigenvalue weighted by atomic mass is 10.1. The van der Waals surface area contributed by atoms with Gasteiger partial charge in [0.2, 0.25) is 0 Å². The summed E-state index contributed by atoms with van der Waals surface area (Å²) in [4.78, 5) is 12.4. The number of amides is 1. The van der Waals surface area contributed by atoms with Gasteiger partial charge >= 0.3 is 0 Å². The molecule has 0 fully saturated rings. The molecule has 0 bridgehead atoms. The number of hydrogen-bond acceptors (Lipinski definition) is 4. The third-order valence-corrected chi connectivity index (χ3v) is 4.21. The Morgan fingerprint density at radius 3 is 2.46 bits per heavy atom. The van der Waals surface area contributed by atoms with Crippen molar-refractivity contribution in [2.75, 3.05) is 5.32 Å². The topological polar surface area (TPSA) is 69.3 Å². The van der Waals surface area contributed by atoms with E-state index in [0.29, 0.717) is 11.4 Å². The molecular weight excluding hydrogens is 330 g/mol. The Balaban J connectivity index is 1.66. The van der Waals surface area contributed by atoms with E-state index in [0.717, 1.165) is 28.3 Å². The molecule has 0 atom stereocenters. The van der Waals surface area contributed by atoms with E-state index >= 15 is 0 Å². The maximum Gasteiger partial charge on any atom is 0.291 e. The Hall–Kier alpha value is -3.02.